The number of carbonyl (C=O) groups is 1. The monoisotopic (exact) mass is 337 g/mol. The minimum Gasteiger partial charge on any atom is -0.478 e. The van der Waals surface area contributed by atoms with Crippen LogP contribution in [-0.2, 0) is 14.6 Å². The van der Waals surface area contributed by atoms with Gasteiger partial charge in [-0.1, -0.05) is 29.3 Å². The lowest BCUT2D eigenvalue weighted by atomic mass is 10.2. The van der Waals surface area contributed by atoms with Gasteiger partial charge < -0.3 is 5.11 Å². The Morgan fingerprint density at radius 2 is 2.05 bits per heavy atom. The number of hydrogen-bond donors (Lipinski definition) is 2. The second-order valence-electron chi connectivity index (χ2n) is 3.94. The molecule has 0 saturated heterocycles. The first-order valence-corrected chi connectivity index (χ1v) is 7.94. The largest absolute Gasteiger partial charge is 0.478 e. The minimum atomic E-state index is -3.61. The van der Waals surface area contributed by atoms with Gasteiger partial charge in [-0.2, -0.15) is 0 Å². The summed E-state index contributed by atoms with van der Waals surface area (Å²) < 4.78 is 24.2. The normalized spacial score (nSPS) is 11.9. The first kappa shape index (κ1) is 17.0. The molecule has 0 amide bonds. The molecule has 110 valence electrons. The van der Waals surface area contributed by atoms with E-state index in [2.05, 4.69) is 5.32 Å². The fraction of sp³-hybridized carbons (Fsp3) is 0.250. The Balaban J connectivity index is 2.80. The summed E-state index contributed by atoms with van der Waals surface area (Å²) in [4.78, 5) is 10.2. The van der Waals surface area contributed by atoms with Crippen LogP contribution in [0.25, 0.3) is 0 Å². The van der Waals surface area contributed by atoms with Crippen LogP contribution in [0.3, 0.4) is 0 Å². The summed E-state index contributed by atoms with van der Waals surface area (Å²) in [5.41, 5.74) is 0.500. The number of carboxylic acid groups (broad SMARTS) is 1. The van der Waals surface area contributed by atoms with Crippen molar-refractivity contribution in [3.05, 3.63) is 39.9 Å². The summed E-state index contributed by atoms with van der Waals surface area (Å²) in [6.45, 7) is 1.75. The number of rotatable bonds is 6. The highest BCUT2D eigenvalue weighted by Gasteiger charge is 2.19. The van der Waals surface area contributed by atoms with Crippen molar-refractivity contribution in [3.63, 3.8) is 0 Å². The lowest BCUT2D eigenvalue weighted by Crippen LogP contribution is -2.23. The Hall–Kier alpha value is -1.08. The van der Waals surface area contributed by atoms with Crippen LogP contribution in [0.2, 0.25) is 10.0 Å². The molecule has 1 aromatic rings. The van der Waals surface area contributed by atoms with E-state index in [0.717, 1.165) is 6.08 Å². The molecule has 0 aliphatic carbocycles. The molecule has 0 unspecified atom stereocenters. The summed E-state index contributed by atoms with van der Waals surface area (Å²) in [5, 5.41) is 11.5. The third kappa shape index (κ3) is 4.49. The van der Waals surface area contributed by atoms with Crippen LogP contribution in [-0.4, -0.2) is 31.9 Å². The lowest BCUT2D eigenvalue weighted by molar-refractivity contribution is -0.131. The highest BCUT2D eigenvalue weighted by atomic mass is 35.5. The number of hydrogen-bond acceptors (Lipinski definition) is 4. The third-order valence-corrected chi connectivity index (χ3v) is 5.04. The standard InChI is InChI=1S/C12H13Cl2NO4S/c1-8-9(13)4-5-10(12(8)14)20(18,19)7-15-6-2-3-11(16)17/h2-5,15H,6-7H2,1H3,(H,16,17). The van der Waals surface area contributed by atoms with Crippen molar-refractivity contribution in [2.24, 2.45) is 0 Å². The second kappa shape index (κ2) is 7.08. The Morgan fingerprint density at radius 1 is 1.40 bits per heavy atom. The van der Waals surface area contributed by atoms with Gasteiger partial charge in [-0.3, -0.25) is 5.32 Å². The molecule has 0 heterocycles. The number of aliphatic carboxylic acids is 1. The maximum atomic E-state index is 12.1. The van der Waals surface area contributed by atoms with Gasteiger partial charge in [0.1, 0.15) is 5.88 Å². The van der Waals surface area contributed by atoms with Gasteiger partial charge in [0.25, 0.3) is 0 Å². The molecule has 0 saturated carbocycles. The van der Waals surface area contributed by atoms with Gasteiger partial charge in [0.05, 0.1) is 9.92 Å². The van der Waals surface area contributed by atoms with Crippen LogP contribution in [0.1, 0.15) is 5.56 Å². The number of benzene rings is 1. The van der Waals surface area contributed by atoms with E-state index >= 15 is 0 Å². The van der Waals surface area contributed by atoms with Crippen LogP contribution in [0.5, 0.6) is 0 Å². The summed E-state index contributed by atoms with van der Waals surface area (Å²) in [6, 6.07) is 2.82. The Morgan fingerprint density at radius 3 is 2.65 bits per heavy atom. The number of halogens is 2. The molecule has 0 bridgehead atoms. The molecule has 0 spiro atoms. The lowest BCUT2D eigenvalue weighted by Gasteiger charge is -2.09. The first-order chi connectivity index (χ1) is 9.25. The van der Waals surface area contributed by atoms with E-state index in [1.807, 2.05) is 0 Å². The van der Waals surface area contributed by atoms with Crippen molar-refractivity contribution >= 4 is 39.0 Å². The zero-order chi connectivity index (χ0) is 15.3. The van der Waals surface area contributed by atoms with Crippen LogP contribution in [0.15, 0.2) is 29.2 Å². The second-order valence-corrected chi connectivity index (χ2v) is 6.68. The van der Waals surface area contributed by atoms with Gasteiger partial charge in [0.2, 0.25) is 0 Å². The molecule has 1 rings (SSSR count). The molecule has 0 radical (unpaired) electrons. The van der Waals surface area contributed by atoms with Crippen LogP contribution in [0, 0.1) is 6.92 Å². The maximum absolute atomic E-state index is 12.1. The predicted molar refractivity (Wildman–Crippen MR) is 78.0 cm³/mol. The fourth-order valence-electron chi connectivity index (χ4n) is 1.39. The maximum Gasteiger partial charge on any atom is 0.328 e. The highest BCUT2D eigenvalue weighted by Crippen LogP contribution is 2.30. The minimum absolute atomic E-state index is 0.00391. The fourth-order valence-corrected chi connectivity index (χ4v) is 3.36. The van der Waals surface area contributed by atoms with Crippen molar-refractivity contribution < 1.29 is 18.3 Å². The van der Waals surface area contributed by atoms with Crippen molar-refractivity contribution in [3.8, 4) is 0 Å². The smallest absolute Gasteiger partial charge is 0.328 e. The molecule has 0 aliphatic rings. The van der Waals surface area contributed by atoms with Gasteiger partial charge in [0, 0.05) is 17.6 Å². The van der Waals surface area contributed by atoms with Gasteiger partial charge in [0.15, 0.2) is 9.84 Å². The molecule has 0 aromatic heterocycles. The zero-order valence-corrected chi connectivity index (χ0v) is 12.9. The quantitative estimate of drug-likeness (QED) is 0.614. The Kier molecular flexibility index (Phi) is 6.01. The van der Waals surface area contributed by atoms with Gasteiger partial charge in [-0.25, -0.2) is 13.2 Å². The molecule has 0 aliphatic heterocycles. The third-order valence-electron chi connectivity index (χ3n) is 2.43. The zero-order valence-electron chi connectivity index (χ0n) is 10.6. The van der Waals surface area contributed by atoms with Crippen molar-refractivity contribution in [1.29, 1.82) is 0 Å². The van der Waals surface area contributed by atoms with Crippen molar-refractivity contribution in [2.75, 3.05) is 12.4 Å². The summed E-state index contributed by atoms with van der Waals surface area (Å²) in [6.07, 6.45) is 2.24. The molecule has 0 atom stereocenters. The SMILES string of the molecule is Cc1c(Cl)ccc(S(=O)(=O)CNCC=CC(=O)O)c1Cl. The molecule has 5 nitrogen and oxygen atoms in total. The van der Waals surface area contributed by atoms with E-state index in [4.69, 9.17) is 28.3 Å². The molecule has 0 fully saturated rings. The van der Waals surface area contributed by atoms with E-state index in [1.54, 1.807) is 6.92 Å². The van der Waals surface area contributed by atoms with Crippen LogP contribution >= 0.6 is 23.2 Å². The molecule has 8 heteroatoms. The van der Waals surface area contributed by atoms with E-state index in [0.29, 0.717) is 10.6 Å². The van der Waals surface area contributed by atoms with Gasteiger partial charge in [-0.05, 0) is 24.6 Å². The molecule has 1 aromatic carbocycles. The molecular formula is C12H13Cl2NO4S. The summed E-state index contributed by atoms with van der Waals surface area (Å²) >= 11 is 11.8. The molecular weight excluding hydrogens is 325 g/mol. The van der Waals surface area contributed by atoms with Crippen LogP contribution < -0.4 is 5.32 Å². The van der Waals surface area contributed by atoms with Crippen molar-refractivity contribution in [1.82, 2.24) is 5.32 Å². The topological polar surface area (TPSA) is 83.5 Å². The first-order valence-electron chi connectivity index (χ1n) is 5.53. The van der Waals surface area contributed by atoms with E-state index in [9.17, 15) is 13.2 Å². The predicted octanol–water partition coefficient (Wildman–Crippen LogP) is 2.26. The summed E-state index contributed by atoms with van der Waals surface area (Å²) in [7, 11) is -3.61. The Bertz CT molecular complexity index is 641. The Labute approximate surface area is 127 Å². The average Bonchev–Trinajstić information content (AvgIpc) is 2.34. The van der Waals surface area contributed by atoms with Gasteiger partial charge in [-0.15, -0.1) is 0 Å². The molecule has 20 heavy (non-hydrogen) atoms. The average molecular weight is 338 g/mol. The van der Waals surface area contributed by atoms with Gasteiger partial charge >= 0.3 is 5.97 Å². The van der Waals surface area contributed by atoms with E-state index in [1.165, 1.54) is 18.2 Å². The summed E-state index contributed by atoms with van der Waals surface area (Å²) in [5.74, 6) is -1.44. The highest BCUT2D eigenvalue weighted by molar-refractivity contribution is 7.91. The van der Waals surface area contributed by atoms with Crippen molar-refractivity contribution in [2.45, 2.75) is 11.8 Å². The number of carboxylic acids is 1. The van der Waals surface area contributed by atoms with E-state index < -0.39 is 15.8 Å². The van der Waals surface area contributed by atoms with E-state index in [-0.39, 0.29) is 22.3 Å². The number of nitrogens with one attached hydrogen (secondary N) is 1. The van der Waals surface area contributed by atoms with Crippen LogP contribution in [0.4, 0.5) is 0 Å². The number of sulfone groups is 1. The molecule has 2 N–H and O–H groups in total.